The second-order valence-corrected chi connectivity index (χ2v) is 6.27. The molecule has 0 radical (unpaired) electrons. The lowest BCUT2D eigenvalue weighted by molar-refractivity contribution is 1.16. The van der Waals surface area contributed by atoms with Gasteiger partial charge in [-0.25, -0.2) is 4.98 Å². The van der Waals surface area contributed by atoms with Crippen LogP contribution in [0, 0.1) is 0 Å². The zero-order valence-corrected chi connectivity index (χ0v) is 14.7. The second kappa shape index (κ2) is 6.86. The van der Waals surface area contributed by atoms with E-state index in [4.69, 9.17) is 0 Å². The summed E-state index contributed by atoms with van der Waals surface area (Å²) in [6.07, 6.45) is 3.51. The van der Waals surface area contributed by atoms with E-state index in [1.165, 1.54) is 0 Å². The fourth-order valence-corrected chi connectivity index (χ4v) is 2.84. The summed E-state index contributed by atoms with van der Waals surface area (Å²) in [4.78, 5) is 13.2. The molecule has 0 saturated heterocycles. The molecule has 0 aliphatic rings. The first-order valence-corrected chi connectivity index (χ1v) is 8.54. The maximum absolute atomic E-state index is 4.50. The third kappa shape index (κ3) is 3.59. The Bertz CT molecular complexity index is 1030. The first kappa shape index (κ1) is 15.5. The van der Waals surface area contributed by atoms with Crippen LogP contribution in [0.2, 0.25) is 0 Å². The van der Waals surface area contributed by atoms with Crippen LogP contribution in [-0.2, 0) is 0 Å². The number of hydrogen-bond acceptors (Lipinski definition) is 5. The van der Waals surface area contributed by atoms with Crippen molar-refractivity contribution >= 4 is 50.0 Å². The Morgan fingerprint density at radius 3 is 2.60 bits per heavy atom. The molecule has 4 rings (SSSR count). The summed E-state index contributed by atoms with van der Waals surface area (Å²) >= 11 is 3.51. The molecule has 0 aliphatic heterocycles. The Morgan fingerprint density at radius 2 is 1.68 bits per heavy atom. The van der Waals surface area contributed by atoms with E-state index in [9.17, 15) is 0 Å². The lowest BCUT2D eigenvalue weighted by Crippen LogP contribution is -2.01. The van der Waals surface area contributed by atoms with E-state index < -0.39 is 0 Å². The Labute approximate surface area is 153 Å². The van der Waals surface area contributed by atoms with Crippen LogP contribution in [0.5, 0.6) is 0 Å². The largest absolute Gasteiger partial charge is 0.339 e. The van der Waals surface area contributed by atoms with Crippen LogP contribution in [0.3, 0.4) is 0 Å². The van der Waals surface area contributed by atoms with E-state index in [-0.39, 0.29) is 0 Å². The van der Waals surface area contributed by atoms with Crippen molar-refractivity contribution in [2.45, 2.75) is 0 Å². The molecular formula is C19H14BrN5. The minimum absolute atomic E-state index is 0.519. The Morgan fingerprint density at radius 1 is 0.840 bits per heavy atom. The number of halogens is 1. The molecule has 6 heteroatoms. The van der Waals surface area contributed by atoms with Gasteiger partial charge in [0.05, 0.1) is 23.1 Å². The molecule has 0 bridgehead atoms. The summed E-state index contributed by atoms with van der Waals surface area (Å²) in [5, 5.41) is 7.55. The molecule has 0 saturated carbocycles. The highest BCUT2D eigenvalue weighted by molar-refractivity contribution is 9.10. The third-order valence-electron chi connectivity index (χ3n) is 3.64. The smallest absolute Gasteiger partial charge is 0.229 e. The molecule has 4 aromatic rings. The van der Waals surface area contributed by atoms with Crippen molar-refractivity contribution in [3.8, 4) is 0 Å². The Kier molecular flexibility index (Phi) is 4.26. The van der Waals surface area contributed by atoms with Crippen LogP contribution >= 0.6 is 15.9 Å². The molecule has 5 nitrogen and oxygen atoms in total. The number of nitrogens with one attached hydrogen (secondary N) is 2. The number of hydrogen-bond donors (Lipinski definition) is 2. The van der Waals surface area contributed by atoms with Crippen LogP contribution in [0.15, 0.2) is 77.5 Å². The summed E-state index contributed by atoms with van der Waals surface area (Å²) in [6, 6.07) is 19.7. The van der Waals surface area contributed by atoms with Crippen LogP contribution in [0.25, 0.3) is 10.9 Å². The standard InChI is InChI=1S/C19H14BrN5/c20-15-6-2-4-8-17(15)24-19-21-10-9-18(25-19)23-14-11-13-5-1-3-7-16(13)22-12-14/h1-12H,(H2,21,23,24,25). The monoisotopic (exact) mass is 391 g/mol. The average Bonchev–Trinajstić information content (AvgIpc) is 2.64. The van der Waals surface area contributed by atoms with Crippen molar-refractivity contribution in [3.05, 3.63) is 77.5 Å². The van der Waals surface area contributed by atoms with E-state index in [0.717, 1.165) is 26.8 Å². The molecule has 122 valence electrons. The molecule has 25 heavy (non-hydrogen) atoms. The molecule has 0 amide bonds. The number of para-hydroxylation sites is 2. The van der Waals surface area contributed by atoms with Crippen molar-refractivity contribution < 1.29 is 0 Å². The summed E-state index contributed by atoms with van der Waals surface area (Å²) < 4.78 is 0.954. The lowest BCUT2D eigenvalue weighted by Gasteiger charge is -2.09. The van der Waals surface area contributed by atoms with Crippen molar-refractivity contribution in [1.29, 1.82) is 0 Å². The Balaban J connectivity index is 1.57. The predicted octanol–water partition coefficient (Wildman–Crippen LogP) is 5.27. The number of benzene rings is 2. The zero-order chi connectivity index (χ0) is 17.1. The van der Waals surface area contributed by atoms with Crippen LogP contribution in [0.4, 0.5) is 23.1 Å². The maximum atomic E-state index is 4.50. The van der Waals surface area contributed by atoms with Crippen molar-refractivity contribution in [3.63, 3.8) is 0 Å². The normalized spacial score (nSPS) is 10.6. The minimum atomic E-state index is 0.519. The lowest BCUT2D eigenvalue weighted by atomic mass is 10.2. The van der Waals surface area contributed by atoms with Gasteiger partial charge in [0.1, 0.15) is 5.82 Å². The average molecular weight is 392 g/mol. The number of aromatic nitrogens is 3. The molecule has 0 spiro atoms. The molecule has 0 fully saturated rings. The minimum Gasteiger partial charge on any atom is -0.339 e. The first-order valence-electron chi connectivity index (χ1n) is 7.74. The topological polar surface area (TPSA) is 62.7 Å². The van der Waals surface area contributed by atoms with Gasteiger partial charge in [0.25, 0.3) is 0 Å². The van der Waals surface area contributed by atoms with Gasteiger partial charge in [0, 0.05) is 16.1 Å². The summed E-state index contributed by atoms with van der Waals surface area (Å²) in [5.41, 5.74) is 2.75. The van der Waals surface area contributed by atoms with Gasteiger partial charge in [-0.2, -0.15) is 4.98 Å². The molecule has 2 aromatic heterocycles. The maximum Gasteiger partial charge on any atom is 0.229 e. The van der Waals surface area contributed by atoms with Gasteiger partial charge >= 0.3 is 0 Å². The van der Waals surface area contributed by atoms with Crippen molar-refractivity contribution in [2.75, 3.05) is 10.6 Å². The number of anilines is 4. The van der Waals surface area contributed by atoms with Gasteiger partial charge < -0.3 is 10.6 Å². The predicted molar refractivity (Wildman–Crippen MR) is 104 cm³/mol. The van der Waals surface area contributed by atoms with E-state index in [2.05, 4.69) is 41.5 Å². The Hall–Kier alpha value is -2.99. The van der Waals surface area contributed by atoms with Gasteiger partial charge in [-0.15, -0.1) is 0 Å². The summed E-state index contributed by atoms with van der Waals surface area (Å²) in [7, 11) is 0. The molecule has 0 atom stereocenters. The van der Waals surface area contributed by atoms with Crippen LogP contribution < -0.4 is 10.6 Å². The van der Waals surface area contributed by atoms with Gasteiger partial charge in [0.15, 0.2) is 0 Å². The number of rotatable bonds is 4. The zero-order valence-electron chi connectivity index (χ0n) is 13.1. The third-order valence-corrected chi connectivity index (χ3v) is 4.33. The quantitative estimate of drug-likeness (QED) is 0.495. The van der Waals surface area contributed by atoms with Crippen LogP contribution in [-0.4, -0.2) is 15.0 Å². The van der Waals surface area contributed by atoms with E-state index in [1.807, 2.05) is 60.7 Å². The van der Waals surface area contributed by atoms with Crippen molar-refractivity contribution in [1.82, 2.24) is 15.0 Å². The van der Waals surface area contributed by atoms with Crippen molar-refractivity contribution in [2.24, 2.45) is 0 Å². The molecule has 0 unspecified atom stereocenters. The van der Waals surface area contributed by atoms with E-state index in [0.29, 0.717) is 11.8 Å². The van der Waals surface area contributed by atoms with E-state index in [1.54, 1.807) is 12.4 Å². The summed E-state index contributed by atoms with van der Waals surface area (Å²) in [6.45, 7) is 0. The molecule has 2 aromatic carbocycles. The summed E-state index contributed by atoms with van der Waals surface area (Å²) in [5.74, 6) is 1.22. The fraction of sp³-hybridized carbons (Fsp3) is 0. The van der Waals surface area contributed by atoms with Gasteiger partial charge in [-0.05, 0) is 46.3 Å². The van der Waals surface area contributed by atoms with Gasteiger partial charge in [-0.3, -0.25) is 4.98 Å². The molecular weight excluding hydrogens is 378 g/mol. The highest BCUT2D eigenvalue weighted by atomic mass is 79.9. The molecule has 0 aliphatic carbocycles. The first-order chi connectivity index (χ1) is 12.3. The molecule has 2 N–H and O–H groups in total. The van der Waals surface area contributed by atoms with Gasteiger partial charge in [-0.1, -0.05) is 30.3 Å². The number of nitrogens with zero attached hydrogens (tertiary/aromatic N) is 3. The second-order valence-electron chi connectivity index (χ2n) is 5.41. The number of fused-ring (bicyclic) bond motifs is 1. The highest BCUT2D eigenvalue weighted by Gasteiger charge is 2.04. The fourth-order valence-electron chi connectivity index (χ4n) is 2.46. The molecule has 2 heterocycles. The van der Waals surface area contributed by atoms with Crippen LogP contribution in [0.1, 0.15) is 0 Å². The van der Waals surface area contributed by atoms with E-state index >= 15 is 0 Å². The number of pyridine rings is 1. The highest BCUT2D eigenvalue weighted by Crippen LogP contribution is 2.25. The SMILES string of the molecule is Brc1ccccc1Nc1nccc(Nc2cnc3ccccc3c2)n1. The van der Waals surface area contributed by atoms with Gasteiger partial charge in [0.2, 0.25) is 5.95 Å².